The molecule has 1 aliphatic carbocycles. The van der Waals surface area contributed by atoms with Crippen molar-refractivity contribution in [1.82, 2.24) is 10.3 Å². The number of halogens is 2. The van der Waals surface area contributed by atoms with Gasteiger partial charge >= 0.3 is 0 Å². The number of pyridine rings is 1. The molecular weight excluding hydrogens is 347 g/mol. The Kier molecular flexibility index (Phi) is 5.59. The van der Waals surface area contributed by atoms with Crippen molar-refractivity contribution in [3.63, 3.8) is 0 Å². The maximum atomic E-state index is 12.3. The molecule has 1 aromatic carbocycles. The number of ether oxygens (including phenoxy) is 1. The molecule has 4 nitrogen and oxygen atoms in total. The fourth-order valence-electron chi connectivity index (χ4n) is 2.77. The predicted octanol–water partition coefficient (Wildman–Crippen LogP) is 4.64. The summed E-state index contributed by atoms with van der Waals surface area (Å²) in [6.45, 7) is 0.317. The van der Waals surface area contributed by atoms with Crippen LogP contribution in [0.15, 0.2) is 36.5 Å². The number of carbonyl (C=O) groups is 1. The first-order valence-electron chi connectivity index (χ1n) is 7.97. The van der Waals surface area contributed by atoms with Crippen molar-refractivity contribution in [1.29, 1.82) is 0 Å². The number of nitrogens with one attached hydrogen (secondary N) is 1. The second-order valence-corrected chi connectivity index (χ2v) is 6.64. The van der Waals surface area contributed by atoms with Gasteiger partial charge in [-0.2, -0.15) is 0 Å². The van der Waals surface area contributed by atoms with Crippen LogP contribution >= 0.6 is 23.2 Å². The van der Waals surface area contributed by atoms with Gasteiger partial charge in [-0.15, -0.1) is 0 Å². The molecule has 3 rings (SSSR count). The molecule has 0 aliphatic heterocycles. The molecule has 6 heteroatoms. The monoisotopic (exact) mass is 364 g/mol. The zero-order valence-corrected chi connectivity index (χ0v) is 14.6. The summed E-state index contributed by atoms with van der Waals surface area (Å²) >= 11 is 12.0. The summed E-state index contributed by atoms with van der Waals surface area (Å²) in [7, 11) is 0. The summed E-state index contributed by atoms with van der Waals surface area (Å²) in [5.74, 6) is 0.306. The Morgan fingerprint density at radius 1 is 1.25 bits per heavy atom. The van der Waals surface area contributed by atoms with Gasteiger partial charge in [-0.05, 0) is 49.9 Å². The molecule has 1 heterocycles. The van der Waals surface area contributed by atoms with E-state index < -0.39 is 0 Å². The normalized spacial score (nSPS) is 14.6. The lowest BCUT2D eigenvalue weighted by Gasteiger charge is -2.15. The van der Waals surface area contributed by atoms with Gasteiger partial charge in [0.15, 0.2) is 0 Å². The Hall–Kier alpha value is -1.78. The molecule has 0 spiro atoms. The molecule has 24 heavy (non-hydrogen) atoms. The van der Waals surface area contributed by atoms with E-state index in [0.717, 1.165) is 18.4 Å². The second-order valence-electron chi connectivity index (χ2n) is 5.80. The Balaban J connectivity index is 1.67. The molecule has 1 saturated carbocycles. The van der Waals surface area contributed by atoms with Gasteiger partial charge < -0.3 is 10.1 Å². The Morgan fingerprint density at radius 2 is 2.04 bits per heavy atom. The average molecular weight is 365 g/mol. The number of rotatable bonds is 5. The van der Waals surface area contributed by atoms with E-state index in [1.54, 1.807) is 24.4 Å². The third-order valence-electron chi connectivity index (χ3n) is 4.04. The van der Waals surface area contributed by atoms with Gasteiger partial charge in [0.2, 0.25) is 5.88 Å². The van der Waals surface area contributed by atoms with Crippen molar-refractivity contribution < 1.29 is 9.53 Å². The van der Waals surface area contributed by atoms with Crippen LogP contribution in [-0.2, 0) is 6.54 Å². The number of nitrogens with zero attached hydrogens (tertiary/aromatic N) is 1. The van der Waals surface area contributed by atoms with Crippen molar-refractivity contribution in [2.45, 2.75) is 38.3 Å². The van der Waals surface area contributed by atoms with Crippen LogP contribution in [0, 0.1) is 0 Å². The van der Waals surface area contributed by atoms with Gasteiger partial charge in [0, 0.05) is 23.3 Å². The maximum Gasteiger partial charge on any atom is 0.253 e. The van der Waals surface area contributed by atoms with E-state index >= 15 is 0 Å². The fraction of sp³-hybridized carbons (Fsp3) is 0.333. The van der Waals surface area contributed by atoms with Crippen LogP contribution in [0.3, 0.4) is 0 Å². The van der Waals surface area contributed by atoms with E-state index in [1.807, 2.05) is 12.1 Å². The van der Waals surface area contributed by atoms with Crippen molar-refractivity contribution in [3.8, 4) is 5.88 Å². The van der Waals surface area contributed by atoms with E-state index in [9.17, 15) is 4.79 Å². The first-order valence-corrected chi connectivity index (χ1v) is 8.73. The number of carbonyl (C=O) groups excluding carboxylic acids is 1. The van der Waals surface area contributed by atoms with E-state index in [1.165, 1.54) is 12.8 Å². The molecular formula is C18H18Cl2N2O2. The Bertz CT molecular complexity index is 731. The SMILES string of the molecule is O=C(NCc1cccnc1OC1CCCC1)c1cc(Cl)ccc1Cl. The number of benzene rings is 1. The predicted molar refractivity (Wildman–Crippen MR) is 94.8 cm³/mol. The molecule has 0 radical (unpaired) electrons. The van der Waals surface area contributed by atoms with Crippen LogP contribution in [0.25, 0.3) is 0 Å². The van der Waals surface area contributed by atoms with Gasteiger partial charge in [0.25, 0.3) is 5.91 Å². The van der Waals surface area contributed by atoms with Crippen LogP contribution in [0.2, 0.25) is 10.0 Å². The lowest BCUT2D eigenvalue weighted by molar-refractivity contribution is 0.0950. The van der Waals surface area contributed by atoms with Crippen LogP contribution in [0.5, 0.6) is 5.88 Å². The molecule has 0 atom stereocenters. The highest BCUT2D eigenvalue weighted by Gasteiger charge is 2.19. The summed E-state index contributed by atoms with van der Waals surface area (Å²) in [5, 5.41) is 3.68. The van der Waals surface area contributed by atoms with Gasteiger partial charge in [0.1, 0.15) is 6.10 Å². The van der Waals surface area contributed by atoms with Crippen LogP contribution < -0.4 is 10.1 Å². The number of amides is 1. The molecule has 0 bridgehead atoms. The highest BCUT2D eigenvalue weighted by Crippen LogP contribution is 2.25. The highest BCUT2D eigenvalue weighted by molar-refractivity contribution is 6.35. The molecule has 0 unspecified atom stereocenters. The van der Waals surface area contributed by atoms with Crippen LogP contribution in [0.4, 0.5) is 0 Å². The minimum absolute atomic E-state index is 0.219. The molecule has 126 valence electrons. The largest absolute Gasteiger partial charge is 0.474 e. The summed E-state index contributed by atoms with van der Waals surface area (Å²) < 4.78 is 5.98. The number of hydrogen-bond acceptors (Lipinski definition) is 3. The van der Waals surface area contributed by atoms with E-state index in [0.29, 0.717) is 28.0 Å². The first kappa shape index (κ1) is 17.1. The minimum Gasteiger partial charge on any atom is -0.474 e. The smallest absolute Gasteiger partial charge is 0.253 e. The average Bonchev–Trinajstić information content (AvgIpc) is 3.09. The van der Waals surface area contributed by atoms with Crippen molar-refractivity contribution in [3.05, 3.63) is 57.7 Å². The van der Waals surface area contributed by atoms with Crippen molar-refractivity contribution in [2.24, 2.45) is 0 Å². The fourth-order valence-corrected chi connectivity index (χ4v) is 3.15. The van der Waals surface area contributed by atoms with Gasteiger partial charge in [-0.1, -0.05) is 29.3 Å². The topological polar surface area (TPSA) is 51.2 Å². The zero-order valence-electron chi connectivity index (χ0n) is 13.1. The molecule has 1 amide bonds. The summed E-state index contributed by atoms with van der Waals surface area (Å²) in [5.41, 5.74) is 1.20. The molecule has 1 fully saturated rings. The lowest BCUT2D eigenvalue weighted by atomic mass is 10.2. The molecule has 0 saturated heterocycles. The zero-order chi connectivity index (χ0) is 16.9. The molecule has 1 aliphatic rings. The molecule has 1 N–H and O–H groups in total. The number of aromatic nitrogens is 1. The van der Waals surface area contributed by atoms with Crippen LogP contribution in [-0.4, -0.2) is 17.0 Å². The first-order chi connectivity index (χ1) is 11.6. The van der Waals surface area contributed by atoms with Crippen molar-refractivity contribution in [2.75, 3.05) is 0 Å². The van der Waals surface area contributed by atoms with E-state index in [4.69, 9.17) is 27.9 Å². The summed E-state index contributed by atoms with van der Waals surface area (Å²) in [6.07, 6.45) is 6.41. The lowest BCUT2D eigenvalue weighted by Crippen LogP contribution is -2.24. The Morgan fingerprint density at radius 3 is 2.83 bits per heavy atom. The quantitative estimate of drug-likeness (QED) is 0.840. The number of hydrogen-bond donors (Lipinski definition) is 1. The third kappa shape index (κ3) is 4.19. The van der Waals surface area contributed by atoms with Gasteiger partial charge in [-0.3, -0.25) is 4.79 Å². The summed E-state index contributed by atoms with van der Waals surface area (Å²) in [6, 6.07) is 8.54. The van der Waals surface area contributed by atoms with Crippen LogP contribution in [0.1, 0.15) is 41.6 Å². The minimum atomic E-state index is -0.279. The Labute approximate surface area is 151 Å². The summed E-state index contributed by atoms with van der Waals surface area (Å²) in [4.78, 5) is 16.6. The highest BCUT2D eigenvalue weighted by atomic mass is 35.5. The standard InChI is InChI=1S/C18H18Cl2N2O2/c19-13-7-8-16(20)15(10-13)17(23)22-11-12-4-3-9-21-18(12)24-14-5-1-2-6-14/h3-4,7-10,14H,1-2,5-6,11H2,(H,22,23). The van der Waals surface area contributed by atoms with E-state index in [2.05, 4.69) is 10.3 Å². The molecule has 2 aromatic rings. The molecule has 1 aromatic heterocycles. The second kappa shape index (κ2) is 7.86. The van der Waals surface area contributed by atoms with Crippen molar-refractivity contribution >= 4 is 29.1 Å². The van der Waals surface area contributed by atoms with E-state index in [-0.39, 0.29) is 12.0 Å². The third-order valence-corrected chi connectivity index (χ3v) is 4.61. The van der Waals surface area contributed by atoms with Gasteiger partial charge in [0.05, 0.1) is 10.6 Å². The maximum absolute atomic E-state index is 12.3. The van der Waals surface area contributed by atoms with Gasteiger partial charge in [-0.25, -0.2) is 4.98 Å².